The van der Waals surface area contributed by atoms with Crippen LogP contribution in [0.4, 0.5) is 35.0 Å². The van der Waals surface area contributed by atoms with Gasteiger partial charge in [0.05, 0.1) is 4.92 Å². The lowest BCUT2D eigenvalue weighted by molar-refractivity contribution is -0.388. The second-order valence-corrected chi connectivity index (χ2v) is 12.8. The summed E-state index contributed by atoms with van der Waals surface area (Å²) in [6.07, 6.45) is -0.464. The highest BCUT2D eigenvalue weighted by molar-refractivity contribution is 8.14. The van der Waals surface area contributed by atoms with Gasteiger partial charge in [-0.2, -0.15) is 13.2 Å². The van der Waals surface area contributed by atoms with Gasteiger partial charge in [0, 0.05) is 66.7 Å². The first-order chi connectivity index (χ1) is 18.8. The van der Waals surface area contributed by atoms with Gasteiger partial charge in [-0.1, -0.05) is 32.5 Å². The van der Waals surface area contributed by atoms with Crippen LogP contribution in [-0.4, -0.2) is 63.1 Å². The Bertz CT molecular complexity index is 1210. The third kappa shape index (κ3) is 7.92. The predicted octanol–water partition coefficient (Wildman–Crippen LogP) is 6.58. The number of alkyl halides is 3. The monoisotopic (exact) mass is 581 g/mol. The number of nitro groups is 1. The Morgan fingerprint density at radius 1 is 1.07 bits per heavy atom. The quantitative estimate of drug-likeness (QED) is 0.302. The maximum absolute atomic E-state index is 13.3. The van der Waals surface area contributed by atoms with Crippen LogP contribution in [0.3, 0.4) is 0 Å². The molecule has 2 aliphatic rings. The molecule has 40 heavy (non-hydrogen) atoms. The molecule has 4 rings (SSSR count). The minimum atomic E-state index is -4.82. The van der Waals surface area contributed by atoms with Gasteiger partial charge in [-0.05, 0) is 43.9 Å². The van der Waals surface area contributed by atoms with Gasteiger partial charge < -0.3 is 19.9 Å². The van der Waals surface area contributed by atoms with Crippen LogP contribution in [0.15, 0.2) is 36.5 Å². The van der Waals surface area contributed by atoms with Gasteiger partial charge in [0.1, 0.15) is 11.7 Å². The lowest BCUT2D eigenvalue weighted by atomic mass is 9.92. The van der Waals surface area contributed by atoms with E-state index in [0.717, 1.165) is 30.9 Å². The molecule has 1 aromatic heterocycles. The standard InChI is InChI=1S/C27H34F3N5O4S/c1-26(2,3)40-25(36)34-14-12-33(13-15-34)20-10-11-31-24(17-20)39-21-7-4-18(5-8-21)32-19-6-9-23(35(37)38)22(16-19)27(28,29)30/h6,9-11,16-18,21,32H,4-5,7-8,12-15H2,1-3H3/t18-,21-. The largest absolute Gasteiger partial charge is 0.474 e. The Balaban J connectivity index is 1.28. The van der Waals surface area contributed by atoms with Crippen molar-refractivity contribution in [3.05, 3.63) is 52.2 Å². The number of nitro benzene ring substituents is 1. The zero-order valence-corrected chi connectivity index (χ0v) is 23.6. The van der Waals surface area contributed by atoms with Crippen molar-refractivity contribution < 1.29 is 27.6 Å². The maximum Gasteiger partial charge on any atom is 0.423 e. The third-order valence-electron chi connectivity index (χ3n) is 6.85. The second-order valence-electron chi connectivity index (χ2n) is 11.0. The van der Waals surface area contributed by atoms with E-state index < -0.39 is 22.4 Å². The van der Waals surface area contributed by atoms with E-state index in [0.29, 0.717) is 44.7 Å². The molecular formula is C27H34F3N5O4S. The molecule has 0 unspecified atom stereocenters. The van der Waals surface area contributed by atoms with E-state index in [9.17, 15) is 28.1 Å². The van der Waals surface area contributed by atoms with Crippen molar-refractivity contribution in [2.75, 3.05) is 36.4 Å². The summed E-state index contributed by atoms with van der Waals surface area (Å²) in [4.78, 5) is 30.9. The molecule has 2 heterocycles. The minimum Gasteiger partial charge on any atom is -0.474 e. The van der Waals surface area contributed by atoms with Crippen LogP contribution in [0.1, 0.15) is 52.0 Å². The number of benzene rings is 1. The van der Waals surface area contributed by atoms with E-state index in [2.05, 4.69) is 15.2 Å². The summed E-state index contributed by atoms with van der Waals surface area (Å²) in [5.41, 5.74) is -1.04. The number of hydrogen-bond acceptors (Lipinski definition) is 8. The van der Waals surface area contributed by atoms with Crippen molar-refractivity contribution in [2.45, 2.75) is 69.5 Å². The van der Waals surface area contributed by atoms with E-state index in [1.54, 1.807) is 6.20 Å². The number of aromatic nitrogens is 1. The molecule has 1 aliphatic carbocycles. The van der Waals surface area contributed by atoms with Crippen molar-refractivity contribution in [1.29, 1.82) is 0 Å². The Kier molecular flexibility index (Phi) is 9.01. The fourth-order valence-corrected chi connectivity index (χ4v) is 5.71. The lowest BCUT2D eigenvalue weighted by Gasteiger charge is -2.37. The number of pyridine rings is 1. The molecule has 1 aromatic carbocycles. The number of nitrogens with one attached hydrogen (secondary N) is 1. The van der Waals surface area contributed by atoms with E-state index in [4.69, 9.17) is 4.74 Å². The van der Waals surface area contributed by atoms with Crippen LogP contribution in [-0.2, 0) is 6.18 Å². The third-order valence-corrected chi connectivity index (χ3v) is 7.89. The molecule has 1 amide bonds. The topological polar surface area (TPSA) is 101 Å². The number of anilines is 2. The highest BCUT2D eigenvalue weighted by Gasteiger charge is 2.38. The van der Waals surface area contributed by atoms with Crippen molar-refractivity contribution in [1.82, 2.24) is 9.88 Å². The molecular weight excluding hydrogens is 547 g/mol. The smallest absolute Gasteiger partial charge is 0.423 e. The summed E-state index contributed by atoms with van der Waals surface area (Å²) >= 11 is 1.35. The van der Waals surface area contributed by atoms with Crippen molar-refractivity contribution in [2.24, 2.45) is 0 Å². The Morgan fingerprint density at radius 2 is 1.75 bits per heavy atom. The molecule has 2 fully saturated rings. The molecule has 1 saturated carbocycles. The average molecular weight is 582 g/mol. The number of piperazine rings is 1. The fraction of sp³-hybridized carbons (Fsp3) is 0.556. The zero-order valence-electron chi connectivity index (χ0n) is 22.7. The van der Waals surface area contributed by atoms with Crippen molar-refractivity contribution in [3.63, 3.8) is 0 Å². The SMILES string of the molecule is CC(C)(C)SC(=O)N1CCN(c2ccnc(O[C@H]3CC[C@H](Nc4ccc([N+](=O)[O-])c(C(F)(F)F)c4)CC3)c2)CC1. The normalized spacial score (nSPS) is 20.2. The van der Waals surface area contributed by atoms with Crippen LogP contribution in [0, 0.1) is 10.1 Å². The molecule has 13 heteroatoms. The summed E-state index contributed by atoms with van der Waals surface area (Å²) < 4.78 is 45.9. The van der Waals surface area contributed by atoms with Crippen LogP contribution in [0.2, 0.25) is 0 Å². The molecule has 1 saturated heterocycles. The molecule has 0 bridgehead atoms. The van der Waals surface area contributed by atoms with Gasteiger partial charge >= 0.3 is 6.18 Å². The summed E-state index contributed by atoms with van der Waals surface area (Å²) in [6.45, 7) is 8.82. The van der Waals surface area contributed by atoms with E-state index >= 15 is 0 Å². The van der Waals surface area contributed by atoms with Crippen LogP contribution in [0.5, 0.6) is 5.88 Å². The van der Waals surface area contributed by atoms with E-state index in [1.165, 1.54) is 17.8 Å². The number of carbonyl (C=O) groups excluding carboxylic acids is 1. The first-order valence-electron chi connectivity index (χ1n) is 13.3. The minimum absolute atomic E-state index is 0.0721. The molecule has 2 aromatic rings. The van der Waals surface area contributed by atoms with Crippen LogP contribution >= 0.6 is 11.8 Å². The van der Waals surface area contributed by atoms with Gasteiger partial charge in [-0.25, -0.2) is 4.98 Å². The highest BCUT2D eigenvalue weighted by atomic mass is 32.2. The van der Waals surface area contributed by atoms with Gasteiger partial charge in [-0.15, -0.1) is 0 Å². The zero-order chi connectivity index (χ0) is 29.1. The molecule has 1 aliphatic heterocycles. The van der Waals surface area contributed by atoms with Gasteiger partial charge in [0.15, 0.2) is 0 Å². The molecule has 218 valence electrons. The second kappa shape index (κ2) is 12.1. The molecule has 0 atom stereocenters. The Labute approximate surface area is 235 Å². The first kappa shape index (κ1) is 29.8. The van der Waals surface area contributed by atoms with Gasteiger partial charge in [0.2, 0.25) is 5.88 Å². The average Bonchev–Trinajstić information content (AvgIpc) is 2.88. The number of amides is 1. The Morgan fingerprint density at radius 3 is 2.35 bits per heavy atom. The summed E-state index contributed by atoms with van der Waals surface area (Å²) in [7, 11) is 0. The van der Waals surface area contributed by atoms with Crippen LogP contribution in [0.25, 0.3) is 0 Å². The number of nitrogens with zero attached hydrogens (tertiary/aromatic N) is 4. The number of carbonyl (C=O) groups is 1. The van der Waals surface area contributed by atoms with Crippen LogP contribution < -0.4 is 15.0 Å². The number of ether oxygens (including phenoxy) is 1. The summed E-state index contributed by atoms with van der Waals surface area (Å²) in [5, 5.41) is 14.2. The molecule has 0 spiro atoms. The number of thioether (sulfide) groups is 1. The predicted molar refractivity (Wildman–Crippen MR) is 149 cm³/mol. The number of hydrogen-bond donors (Lipinski definition) is 1. The van der Waals surface area contributed by atoms with Crippen molar-refractivity contribution >= 4 is 34.1 Å². The fourth-order valence-electron chi connectivity index (χ4n) is 4.88. The van der Waals surface area contributed by atoms with E-state index in [-0.39, 0.29) is 27.8 Å². The first-order valence-corrected chi connectivity index (χ1v) is 14.1. The molecule has 9 nitrogen and oxygen atoms in total. The van der Waals surface area contributed by atoms with Gasteiger partial charge in [0.25, 0.3) is 10.9 Å². The molecule has 1 N–H and O–H groups in total. The number of rotatable bonds is 6. The maximum atomic E-state index is 13.3. The van der Waals surface area contributed by atoms with Crippen molar-refractivity contribution in [3.8, 4) is 5.88 Å². The Hall–Kier alpha value is -3.22. The summed E-state index contributed by atoms with van der Waals surface area (Å²) in [5.74, 6) is 0.515. The number of halogens is 3. The van der Waals surface area contributed by atoms with Gasteiger partial charge in [-0.3, -0.25) is 14.9 Å². The lowest BCUT2D eigenvalue weighted by Crippen LogP contribution is -2.48. The highest BCUT2D eigenvalue weighted by Crippen LogP contribution is 2.38. The molecule has 0 radical (unpaired) electrons. The summed E-state index contributed by atoms with van der Waals surface area (Å²) in [6, 6.07) is 6.76. The van der Waals surface area contributed by atoms with E-state index in [1.807, 2.05) is 37.8 Å².